The number of rotatable bonds is 2. The van der Waals surface area contributed by atoms with Crippen LogP contribution in [0.5, 0.6) is 5.75 Å². The van der Waals surface area contributed by atoms with Gasteiger partial charge in [0.2, 0.25) is 0 Å². The zero-order valence-electron chi connectivity index (χ0n) is 9.17. The van der Waals surface area contributed by atoms with Crippen LogP contribution in [0.1, 0.15) is 12.8 Å². The number of halogens is 2. The smallest absolute Gasteiger partial charge is 0.196 e. The summed E-state index contributed by atoms with van der Waals surface area (Å²) >= 11 is 5.92. The van der Waals surface area contributed by atoms with Crippen molar-refractivity contribution >= 4 is 11.6 Å². The second kappa shape index (κ2) is 4.91. The van der Waals surface area contributed by atoms with E-state index in [4.69, 9.17) is 16.3 Å². The standard InChI is InChI=1S/C12H12ClFN2O/c13-10-2-1-9(14)7-11(10)17-12(8-15)3-5-16-6-4-12/h1-2,7,16H,3-6H2. The molecule has 0 aromatic heterocycles. The third kappa shape index (κ3) is 2.68. The van der Waals surface area contributed by atoms with Crippen LogP contribution >= 0.6 is 11.6 Å². The van der Waals surface area contributed by atoms with E-state index >= 15 is 0 Å². The van der Waals surface area contributed by atoms with E-state index in [1.54, 1.807) is 0 Å². The second-order valence-electron chi connectivity index (χ2n) is 4.03. The topological polar surface area (TPSA) is 45.0 Å². The van der Waals surface area contributed by atoms with Crippen LogP contribution in [0.2, 0.25) is 5.02 Å². The molecule has 0 bridgehead atoms. The van der Waals surface area contributed by atoms with E-state index in [2.05, 4.69) is 11.4 Å². The van der Waals surface area contributed by atoms with Gasteiger partial charge < -0.3 is 10.1 Å². The minimum atomic E-state index is -0.900. The third-order valence-corrected chi connectivity index (χ3v) is 3.13. The van der Waals surface area contributed by atoms with E-state index < -0.39 is 11.4 Å². The molecule has 3 nitrogen and oxygen atoms in total. The molecule has 5 heteroatoms. The van der Waals surface area contributed by atoms with Crippen LogP contribution in [0.15, 0.2) is 18.2 Å². The maximum Gasteiger partial charge on any atom is 0.196 e. The van der Waals surface area contributed by atoms with E-state index in [-0.39, 0.29) is 5.75 Å². The van der Waals surface area contributed by atoms with Crippen molar-refractivity contribution in [1.29, 1.82) is 5.26 Å². The molecule has 1 aliphatic rings. The molecule has 2 rings (SSSR count). The Morgan fingerprint density at radius 1 is 1.41 bits per heavy atom. The Labute approximate surface area is 104 Å². The Bertz CT molecular complexity index is 452. The fraction of sp³-hybridized carbons (Fsp3) is 0.417. The normalized spacial score (nSPS) is 18.4. The molecular formula is C12H12ClFN2O. The molecule has 0 unspecified atom stereocenters. The van der Waals surface area contributed by atoms with Gasteiger partial charge in [0.15, 0.2) is 5.60 Å². The highest BCUT2D eigenvalue weighted by Gasteiger charge is 2.34. The minimum absolute atomic E-state index is 0.232. The summed E-state index contributed by atoms with van der Waals surface area (Å²) in [5.41, 5.74) is -0.900. The molecule has 0 aliphatic carbocycles. The van der Waals surface area contributed by atoms with Crippen molar-refractivity contribution in [2.75, 3.05) is 13.1 Å². The number of nitrogens with zero attached hydrogens (tertiary/aromatic N) is 1. The van der Waals surface area contributed by atoms with Crippen LogP contribution < -0.4 is 10.1 Å². The number of nitriles is 1. The summed E-state index contributed by atoms with van der Waals surface area (Å²) in [6, 6.07) is 6.07. The molecule has 0 radical (unpaired) electrons. The zero-order chi connectivity index (χ0) is 12.3. The van der Waals surface area contributed by atoms with Crippen LogP contribution in [-0.4, -0.2) is 18.7 Å². The lowest BCUT2D eigenvalue weighted by Gasteiger charge is -2.32. The molecule has 1 saturated heterocycles. The second-order valence-corrected chi connectivity index (χ2v) is 4.44. The lowest BCUT2D eigenvalue weighted by atomic mass is 9.94. The third-order valence-electron chi connectivity index (χ3n) is 2.81. The molecule has 0 atom stereocenters. The molecule has 1 N–H and O–H groups in total. The lowest BCUT2D eigenvalue weighted by molar-refractivity contribution is 0.0918. The van der Waals surface area contributed by atoms with Crippen molar-refractivity contribution in [3.8, 4) is 11.8 Å². The molecule has 0 amide bonds. The van der Waals surface area contributed by atoms with Gasteiger partial charge in [-0.3, -0.25) is 0 Å². The highest BCUT2D eigenvalue weighted by Crippen LogP contribution is 2.31. The van der Waals surface area contributed by atoms with Crippen molar-refractivity contribution in [2.24, 2.45) is 0 Å². The Hall–Kier alpha value is -1.31. The first kappa shape index (κ1) is 12.2. The highest BCUT2D eigenvalue weighted by molar-refractivity contribution is 6.32. The number of ether oxygens (including phenoxy) is 1. The molecule has 1 aliphatic heterocycles. The van der Waals surface area contributed by atoms with Crippen molar-refractivity contribution in [3.63, 3.8) is 0 Å². The molecule has 1 fully saturated rings. The van der Waals surface area contributed by atoms with Crippen molar-refractivity contribution in [3.05, 3.63) is 29.0 Å². The van der Waals surface area contributed by atoms with Gasteiger partial charge >= 0.3 is 0 Å². The Kier molecular flexibility index (Phi) is 3.51. The van der Waals surface area contributed by atoms with E-state index in [1.807, 2.05) is 0 Å². The van der Waals surface area contributed by atoms with Crippen LogP contribution in [-0.2, 0) is 0 Å². The van der Waals surface area contributed by atoms with E-state index in [1.165, 1.54) is 18.2 Å². The summed E-state index contributed by atoms with van der Waals surface area (Å²) in [5, 5.41) is 12.7. The molecule has 1 heterocycles. The molecular weight excluding hydrogens is 243 g/mol. The SMILES string of the molecule is N#CC1(Oc2cc(F)ccc2Cl)CCNCC1. The molecule has 0 spiro atoms. The van der Waals surface area contributed by atoms with Crippen LogP contribution in [0.4, 0.5) is 4.39 Å². The highest BCUT2D eigenvalue weighted by atomic mass is 35.5. The summed E-state index contributed by atoms with van der Waals surface area (Å²) in [6.07, 6.45) is 1.13. The Morgan fingerprint density at radius 2 is 2.12 bits per heavy atom. The number of hydrogen-bond acceptors (Lipinski definition) is 3. The van der Waals surface area contributed by atoms with Gasteiger partial charge in [-0.25, -0.2) is 4.39 Å². The molecule has 0 saturated carbocycles. The van der Waals surface area contributed by atoms with Crippen molar-refractivity contribution in [2.45, 2.75) is 18.4 Å². The van der Waals surface area contributed by atoms with Crippen molar-refractivity contribution < 1.29 is 9.13 Å². The van der Waals surface area contributed by atoms with Gasteiger partial charge in [-0.15, -0.1) is 0 Å². The Balaban J connectivity index is 2.23. The molecule has 1 aromatic rings. The van der Waals surface area contributed by atoms with Gasteiger partial charge in [0, 0.05) is 18.9 Å². The van der Waals surface area contributed by atoms with Crippen LogP contribution in [0.3, 0.4) is 0 Å². The summed E-state index contributed by atoms with van der Waals surface area (Å²) in [6.45, 7) is 1.42. The van der Waals surface area contributed by atoms with E-state index in [9.17, 15) is 9.65 Å². The number of nitrogens with one attached hydrogen (secondary N) is 1. The first-order valence-corrected chi connectivity index (χ1v) is 5.79. The molecule has 17 heavy (non-hydrogen) atoms. The fourth-order valence-electron chi connectivity index (χ4n) is 1.83. The van der Waals surface area contributed by atoms with Gasteiger partial charge in [0.1, 0.15) is 17.6 Å². The predicted molar refractivity (Wildman–Crippen MR) is 62.5 cm³/mol. The summed E-state index contributed by atoms with van der Waals surface area (Å²) in [4.78, 5) is 0. The quantitative estimate of drug-likeness (QED) is 0.882. The number of hydrogen-bond donors (Lipinski definition) is 1. The maximum absolute atomic E-state index is 13.1. The molecule has 90 valence electrons. The minimum Gasteiger partial charge on any atom is -0.471 e. The van der Waals surface area contributed by atoms with Gasteiger partial charge in [0.25, 0.3) is 0 Å². The zero-order valence-corrected chi connectivity index (χ0v) is 9.93. The van der Waals surface area contributed by atoms with E-state index in [0.717, 1.165) is 0 Å². The van der Waals surface area contributed by atoms with Crippen LogP contribution in [0.25, 0.3) is 0 Å². The maximum atomic E-state index is 13.1. The largest absolute Gasteiger partial charge is 0.471 e. The van der Waals surface area contributed by atoms with Gasteiger partial charge in [-0.1, -0.05) is 11.6 Å². The van der Waals surface area contributed by atoms with Gasteiger partial charge in [0.05, 0.1) is 5.02 Å². The van der Waals surface area contributed by atoms with E-state index in [0.29, 0.717) is 31.0 Å². The predicted octanol–water partition coefficient (Wildman–Crippen LogP) is 2.50. The van der Waals surface area contributed by atoms with Crippen LogP contribution in [0, 0.1) is 17.1 Å². The monoisotopic (exact) mass is 254 g/mol. The fourth-order valence-corrected chi connectivity index (χ4v) is 1.99. The molecule has 1 aromatic carbocycles. The van der Waals surface area contributed by atoms with Gasteiger partial charge in [-0.05, 0) is 25.2 Å². The average Bonchev–Trinajstić information content (AvgIpc) is 2.35. The lowest BCUT2D eigenvalue weighted by Crippen LogP contribution is -2.45. The first-order chi connectivity index (χ1) is 8.15. The Morgan fingerprint density at radius 3 is 2.76 bits per heavy atom. The summed E-state index contributed by atoms with van der Waals surface area (Å²) in [5.74, 6) is -0.193. The summed E-state index contributed by atoms with van der Waals surface area (Å²) < 4.78 is 18.7. The van der Waals surface area contributed by atoms with Crippen molar-refractivity contribution in [1.82, 2.24) is 5.32 Å². The van der Waals surface area contributed by atoms with Gasteiger partial charge in [-0.2, -0.15) is 5.26 Å². The number of benzene rings is 1. The summed E-state index contributed by atoms with van der Waals surface area (Å²) in [7, 11) is 0. The first-order valence-electron chi connectivity index (χ1n) is 5.41. The average molecular weight is 255 g/mol. The number of piperidine rings is 1.